The summed E-state index contributed by atoms with van der Waals surface area (Å²) in [6.45, 7) is 6.29. The molecule has 2 aromatic rings. The van der Waals surface area contributed by atoms with E-state index in [0.717, 1.165) is 34.4 Å². The van der Waals surface area contributed by atoms with Gasteiger partial charge in [-0.3, -0.25) is 9.89 Å². The molecule has 0 radical (unpaired) electrons. The largest absolute Gasteiger partial charge is 0.496 e. The van der Waals surface area contributed by atoms with Crippen molar-refractivity contribution in [3.63, 3.8) is 0 Å². The van der Waals surface area contributed by atoms with Crippen LogP contribution in [0, 0.1) is 5.41 Å². The lowest BCUT2D eigenvalue weighted by Crippen LogP contribution is -2.42. The molecule has 1 aromatic heterocycles. The van der Waals surface area contributed by atoms with Crippen molar-refractivity contribution in [1.29, 1.82) is 0 Å². The quantitative estimate of drug-likeness (QED) is 0.707. The number of para-hydroxylation sites is 1. The second-order valence-corrected chi connectivity index (χ2v) is 10.3. The lowest BCUT2D eigenvalue weighted by Gasteiger charge is -2.45. The summed E-state index contributed by atoms with van der Waals surface area (Å²) >= 11 is 0. The van der Waals surface area contributed by atoms with Gasteiger partial charge in [-0.2, -0.15) is 5.10 Å². The van der Waals surface area contributed by atoms with E-state index in [0.29, 0.717) is 24.3 Å². The molecule has 0 amide bonds. The number of allylic oxidation sites excluding steroid dienone is 2. The fourth-order valence-electron chi connectivity index (χ4n) is 6.13. The number of carbonyl (C=O) groups is 1. The second kappa shape index (κ2) is 6.50. The molecule has 0 spiro atoms. The Kier molecular flexibility index (Phi) is 4.28. The first kappa shape index (κ1) is 20.4. The van der Waals surface area contributed by atoms with Crippen LogP contribution in [-0.4, -0.2) is 29.0 Å². The molecule has 164 valence electrons. The average Bonchev–Trinajstić information content (AvgIpc) is 3.08. The molecular weight excluding hydrogens is 398 g/mol. The van der Waals surface area contributed by atoms with Crippen LogP contribution in [0.25, 0.3) is 0 Å². The number of hydrogen-bond acceptors (Lipinski definition) is 3. The molecule has 1 heterocycles. The Morgan fingerprint density at radius 3 is 2.52 bits per heavy atom. The molecule has 1 aromatic carbocycles. The molecule has 1 saturated carbocycles. The highest BCUT2D eigenvalue weighted by molar-refractivity contribution is 6.02. The standard InChI is InChI=1S/C25H28F2N2O2/c1-23(2)10-14-9-17-21(22(29-28-17)15-11-25(26,27)12-15)24(3,20(14)18(30)13-23)16-7-5-6-8-19(16)31-4/h5-8,15H,9-13H2,1-4H3,(H,28,29). The van der Waals surface area contributed by atoms with Crippen molar-refractivity contribution in [2.75, 3.05) is 7.11 Å². The third kappa shape index (κ3) is 2.98. The van der Waals surface area contributed by atoms with Gasteiger partial charge in [0.2, 0.25) is 5.92 Å². The molecule has 1 unspecified atom stereocenters. The number of nitrogens with zero attached hydrogens (tertiary/aromatic N) is 1. The van der Waals surface area contributed by atoms with Gasteiger partial charge in [0.15, 0.2) is 5.78 Å². The normalized spacial score (nSPS) is 26.8. The van der Waals surface area contributed by atoms with Crippen molar-refractivity contribution in [2.24, 2.45) is 5.41 Å². The van der Waals surface area contributed by atoms with E-state index < -0.39 is 11.3 Å². The Hall–Kier alpha value is -2.50. The van der Waals surface area contributed by atoms with Crippen molar-refractivity contribution >= 4 is 5.78 Å². The monoisotopic (exact) mass is 426 g/mol. The molecule has 0 aliphatic heterocycles. The van der Waals surface area contributed by atoms with E-state index in [-0.39, 0.29) is 30.0 Å². The fourth-order valence-corrected chi connectivity index (χ4v) is 6.13. The molecule has 5 rings (SSSR count). The minimum atomic E-state index is -2.64. The molecule has 0 bridgehead atoms. The highest BCUT2D eigenvalue weighted by Gasteiger charge is 2.54. The van der Waals surface area contributed by atoms with Crippen LogP contribution in [0.3, 0.4) is 0 Å². The Labute approximate surface area is 181 Å². The van der Waals surface area contributed by atoms with Crippen LogP contribution in [-0.2, 0) is 16.6 Å². The lowest BCUT2D eigenvalue weighted by atomic mass is 9.57. The molecule has 1 atom stereocenters. The minimum absolute atomic E-state index is 0.103. The number of methoxy groups -OCH3 is 1. The minimum Gasteiger partial charge on any atom is -0.496 e. The molecule has 1 N–H and O–H groups in total. The molecule has 1 fully saturated rings. The molecule has 3 aliphatic carbocycles. The zero-order valence-electron chi connectivity index (χ0n) is 18.4. The number of ketones is 1. The van der Waals surface area contributed by atoms with Crippen molar-refractivity contribution in [3.8, 4) is 5.75 Å². The number of benzene rings is 1. The Balaban J connectivity index is 1.76. The summed E-state index contributed by atoms with van der Waals surface area (Å²) in [5.41, 5.74) is 4.41. The first-order chi connectivity index (χ1) is 14.6. The van der Waals surface area contributed by atoms with Gasteiger partial charge in [0.25, 0.3) is 0 Å². The van der Waals surface area contributed by atoms with Crippen LogP contribution < -0.4 is 4.74 Å². The van der Waals surface area contributed by atoms with Crippen molar-refractivity contribution in [2.45, 2.75) is 70.1 Å². The van der Waals surface area contributed by atoms with Gasteiger partial charge < -0.3 is 4.74 Å². The van der Waals surface area contributed by atoms with Crippen LogP contribution in [0.2, 0.25) is 0 Å². The zero-order chi connectivity index (χ0) is 22.2. The van der Waals surface area contributed by atoms with Gasteiger partial charge in [0, 0.05) is 54.0 Å². The summed E-state index contributed by atoms with van der Waals surface area (Å²) in [5.74, 6) is -2.12. The zero-order valence-corrected chi connectivity index (χ0v) is 18.4. The number of hydrogen-bond donors (Lipinski definition) is 1. The number of nitrogens with one attached hydrogen (secondary N) is 1. The maximum absolute atomic E-state index is 13.7. The molecule has 0 saturated heterocycles. The maximum Gasteiger partial charge on any atom is 0.249 e. The van der Waals surface area contributed by atoms with E-state index in [2.05, 4.69) is 24.0 Å². The smallest absolute Gasteiger partial charge is 0.249 e. The van der Waals surface area contributed by atoms with Crippen LogP contribution >= 0.6 is 0 Å². The van der Waals surface area contributed by atoms with Crippen molar-refractivity contribution in [3.05, 3.63) is 57.9 Å². The highest BCUT2D eigenvalue weighted by atomic mass is 19.3. The van der Waals surface area contributed by atoms with Crippen LogP contribution in [0.4, 0.5) is 8.78 Å². The number of aromatic nitrogens is 2. The first-order valence-corrected chi connectivity index (χ1v) is 10.9. The first-order valence-electron chi connectivity index (χ1n) is 10.9. The Morgan fingerprint density at radius 1 is 1.13 bits per heavy atom. The summed E-state index contributed by atoms with van der Waals surface area (Å²) in [7, 11) is 1.62. The van der Waals surface area contributed by atoms with E-state index in [1.165, 1.54) is 0 Å². The Bertz CT molecular complexity index is 1110. The summed E-state index contributed by atoms with van der Waals surface area (Å²) in [5, 5.41) is 7.70. The molecule has 4 nitrogen and oxygen atoms in total. The summed E-state index contributed by atoms with van der Waals surface area (Å²) < 4.78 is 33.2. The number of halogens is 2. The predicted molar refractivity (Wildman–Crippen MR) is 114 cm³/mol. The van der Waals surface area contributed by atoms with Gasteiger partial charge in [0.05, 0.1) is 18.2 Å². The van der Waals surface area contributed by atoms with Gasteiger partial charge in [-0.25, -0.2) is 8.78 Å². The van der Waals surface area contributed by atoms with E-state index in [1.54, 1.807) is 7.11 Å². The average molecular weight is 427 g/mol. The van der Waals surface area contributed by atoms with Gasteiger partial charge in [-0.15, -0.1) is 0 Å². The van der Waals surface area contributed by atoms with E-state index in [1.807, 2.05) is 31.2 Å². The fraction of sp³-hybridized carbons (Fsp3) is 0.520. The number of Topliss-reactive ketones (excluding diaryl/α,β-unsaturated/α-hetero) is 1. The van der Waals surface area contributed by atoms with Crippen LogP contribution in [0.5, 0.6) is 5.75 Å². The van der Waals surface area contributed by atoms with E-state index >= 15 is 0 Å². The maximum atomic E-state index is 13.7. The van der Waals surface area contributed by atoms with Crippen molar-refractivity contribution in [1.82, 2.24) is 10.2 Å². The summed E-state index contributed by atoms with van der Waals surface area (Å²) in [4.78, 5) is 13.6. The summed E-state index contributed by atoms with van der Waals surface area (Å²) in [6.07, 6.45) is 1.52. The number of rotatable bonds is 3. The van der Waals surface area contributed by atoms with E-state index in [9.17, 15) is 13.6 Å². The van der Waals surface area contributed by atoms with Gasteiger partial charge >= 0.3 is 0 Å². The number of H-pyrrole nitrogens is 1. The third-order valence-corrected chi connectivity index (χ3v) is 7.35. The molecule has 3 aliphatic rings. The van der Waals surface area contributed by atoms with Crippen LogP contribution in [0.1, 0.15) is 74.9 Å². The third-order valence-electron chi connectivity index (χ3n) is 7.35. The molecule has 31 heavy (non-hydrogen) atoms. The Morgan fingerprint density at radius 2 is 1.84 bits per heavy atom. The number of ether oxygens (including phenoxy) is 1. The SMILES string of the molecule is COc1ccccc1C1(C)C2=C(Cc3[nH]nc(C4CC(F)(F)C4)c31)CC(C)(C)CC2=O. The lowest BCUT2D eigenvalue weighted by molar-refractivity contribution is -0.118. The molecular formula is C25H28F2N2O2. The van der Waals surface area contributed by atoms with E-state index in [4.69, 9.17) is 4.74 Å². The summed E-state index contributed by atoms with van der Waals surface area (Å²) in [6, 6.07) is 7.72. The predicted octanol–water partition coefficient (Wildman–Crippen LogP) is 5.48. The van der Waals surface area contributed by atoms with Crippen molar-refractivity contribution < 1.29 is 18.3 Å². The number of alkyl halides is 2. The molecule has 6 heteroatoms. The number of fused-ring (bicyclic) bond motifs is 1. The highest BCUT2D eigenvalue weighted by Crippen LogP contribution is 2.57. The topological polar surface area (TPSA) is 55.0 Å². The van der Waals surface area contributed by atoms with Gasteiger partial charge in [0.1, 0.15) is 5.75 Å². The van der Waals surface area contributed by atoms with Gasteiger partial charge in [-0.05, 0) is 24.8 Å². The second-order valence-electron chi connectivity index (χ2n) is 10.3. The number of aromatic amines is 1. The van der Waals surface area contributed by atoms with Gasteiger partial charge in [-0.1, -0.05) is 37.6 Å². The van der Waals surface area contributed by atoms with Crippen LogP contribution in [0.15, 0.2) is 35.4 Å². The number of carbonyl (C=O) groups excluding carboxylic acids is 1.